The molecule has 0 aliphatic heterocycles. The van der Waals surface area contributed by atoms with E-state index < -0.39 is 10.0 Å². The summed E-state index contributed by atoms with van der Waals surface area (Å²) in [5.41, 5.74) is 0.188. The van der Waals surface area contributed by atoms with Crippen molar-refractivity contribution in [2.75, 3.05) is 7.11 Å². The molecule has 0 saturated heterocycles. The number of halogens is 2. The fourth-order valence-electron chi connectivity index (χ4n) is 1.31. The Morgan fingerprint density at radius 3 is 2.70 bits per heavy atom. The van der Waals surface area contributed by atoms with Gasteiger partial charge in [-0.2, -0.15) is 0 Å². The number of nitrogens with zero attached hydrogens (tertiary/aromatic N) is 1. The molecule has 0 aromatic heterocycles. The van der Waals surface area contributed by atoms with E-state index in [0.29, 0.717) is 9.50 Å². The van der Waals surface area contributed by atoms with Crippen molar-refractivity contribution in [1.29, 1.82) is 0 Å². The first-order valence-corrected chi connectivity index (χ1v) is 7.85. The molecule has 0 fully saturated rings. The third-order valence-corrected chi connectivity index (χ3v) is 4.80. The SMILES string of the molecule is C=C/C(=C\N=C)NS(=O)(=O)c1cc(Br)c(Cl)cc1OC. The van der Waals surface area contributed by atoms with Gasteiger partial charge in [0.2, 0.25) is 0 Å². The number of methoxy groups -OCH3 is 1. The van der Waals surface area contributed by atoms with Gasteiger partial charge in [0.25, 0.3) is 10.0 Å². The summed E-state index contributed by atoms with van der Waals surface area (Å²) in [6, 6.07) is 2.76. The Morgan fingerprint density at radius 1 is 1.55 bits per heavy atom. The summed E-state index contributed by atoms with van der Waals surface area (Å²) in [6.07, 6.45) is 2.55. The molecule has 0 atom stereocenters. The summed E-state index contributed by atoms with van der Waals surface area (Å²) in [6.45, 7) is 6.74. The number of hydrogen-bond acceptors (Lipinski definition) is 4. The molecular formula is C12H12BrClN2O3S. The van der Waals surface area contributed by atoms with Crippen LogP contribution >= 0.6 is 27.5 Å². The van der Waals surface area contributed by atoms with E-state index in [0.717, 1.165) is 0 Å². The van der Waals surface area contributed by atoms with Gasteiger partial charge in [-0.15, -0.1) is 0 Å². The van der Waals surface area contributed by atoms with Crippen LogP contribution in [0.25, 0.3) is 0 Å². The molecule has 20 heavy (non-hydrogen) atoms. The van der Waals surface area contributed by atoms with Crippen molar-refractivity contribution < 1.29 is 13.2 Å². The van der Waals surface area contributed by atoms with E-state index in [4.69, 9.17) is 16.3 Å². The third-order valence-electron chi connectivity index (χ3n) is 2.20. The summed E-state index contributed by atoms with van der Waals surface area (Å²) in [5, 5.41) is 0.341. The average Bonchev–Trinajstić information content (AvgIpc) is 2.40. The lowest BCUT2D eigenvalue weighted by Gasteiger charge is -2.12. The number of aliphatic imine (C=N–C) groups is 1. The number of rotatable bonds is 6. The predicted octanol–water partition coefficient (Wildman–Crippen LogP) is 3.12. The zero-order chi connectivity index (χ0) is 15.3. The molecule has 1 rings (SSSR count). The molecule has 8 heteroatoms. The quantitative estimate of drug-likeness (QED) is 0.610. The van der Waals surface area contributed by atoms with Crippen LogP contribution in [0, 0.1) is 0 Å². The minimum absolute atomic E-state index is 0.0620. The van der Waals surface area contributed by atoms with E-state index >= 15 is 0 Å². The predicted molar refractivity (Wildman–Crippen MR) is 83.9 cm³/mol. The van der Waals surface area contributed by atoms with Crippen molar-refractivity contribution in [2.24, 2.45) is 4.99 Å². The van der Waals surface area contributed by atoms with Crippen LogP contribution in [0.3, 0.4) is 0 Å². The Morgan fingerprint density at radius 2 is 2.20 bits per heavy atom. The number of sulfonamides is 1. The number of nitrogens with one attached hydrogen (secondary N) is 1. The van der Waals surface area contributed by atoms with Gasteiger partial charge in [0, 0.05) is 10.5 Å². The van der Waals surface area contributed by atoms with Gasteiger partial charge in [-0.05, 0) is 34.8 Å². The Hall–Kier alpha value is -1.31. The monoisotopic (exact) mass is 378 g/mol. The molecule has 0 bridgehead atoms. The third kappa shape index (κ3) is 3.84. The zero-order valence-electron chi connectivity index (χ0n) is 10.6. The molecule has 0 aliphatic rings. The van der Waals surface area contributed by atoms with E-state index in [-0.39, 0.29) is 16.3 Å². The van der Waals surface area contributed by atoms with E-state index in [1.54, 1.807) is 0 Å². The van der Waals surface area contributed by atoms with Crippen molar-refractivity contribution in [2.45, 2.75) is 4.90 Å². The molecule has 0 saturated carbocycles. The van der Waals surface area contributed by atoms with Crippen LogP contribution in [0.1, 0.15) is 0 Å². The van der Waals surface area contributed by atoms with Gasteiger partial charge < -0.3 is 4.74 Å². The largest absolute Gasteiger partial charge is 0.495 e. The minimum atomic E-state index is -3.87. The fraction of sp³-hybridized carbons (Fsp3) is 0.0833. The van der Waals surface area contributed by atoms with Crippen LogP contribution in [-0.2, 0) is 10.0 Å². The Kier molecular flexibility index (Phi) is 5.79. The van der Waals surface area contributed by atoms with E-state index in [1.165, 1.54) is 31.5 Å². The van der Waals surface area contributed by atoms with Crippen LogP contribution < -0.4 is 9.46 Å². The van der Waals surface area contributed by atoms with Crippen molar-refractivity contribution in [3.05, 3.63) is 46.2 Å². The van der Waals surface area contributed by atoms with E-state index in [9.17, 15) is 8.42 Å². The molecule has 1 aromatic carbocycles. The summed E-state index contributed by atoms with van der Waals surface area (Å²) in [7, 11) is -2.51. The molecule has 5 nitrogen and oxygen atoms in total. The molecule has 108 valence electrons. The van der Waals surface area contributed by atoms with Crippen molar-refractivity contribution >= 4 is 44.3 Å². The molecule has 0 aliphatic carbocycles. The van der Waals surface area contributed by atoms with Gasteiger partial charge in [0.15, 0.2) is 0 Å². The van der Waals surface area contributed by atoms with Crippen molar-refractivity contribution in [3.63, 3.8) is 0 Å². The second-order valence-corrected chi connectivity index (χ2v) is 6.41. The topological polar surface area (TPSA) is 67.8 Å². The lowest BCUT2D eigenvalue weighted by Crippen LogP contribution is -2.22. The summed E-state index contributed by atoms with van der Waals surface area (Å²) in [4.78, 5) is 3.43. The second-order valence-electron chi connectivity index (χ2n) is 3.49. The molecule has 0 spiro atoms. The average molecular weight is 380 g/mol. The Labute approximate surface area is 131 Å². The van der Waals surface area contributed by atoms with Gasteiger partial charge in [0.1, 0.15) is 10.6 Å². The van der Waals surface area contributed by atoms with Crippen LogP contribution in [0.2, 0.25) is 5.02 Å². The van der Waals surface area contributed by atoms with Gasteiger partial charge in [0.05, 0.1) is 24.0 Å². The highest BCUT2D eigenvalue weighted by atomic mass is 79.9. The zero-order valence-corrected chi connectivity index (χ0v) is 13.7. The first-order valence-electron chi connectivity index (χ1n) is 5.20. The number of allylic oxidation sites excluding steroid dienone is 1. The lowest BCUT2D eigenvalue weighted by molar-refractivity contribution is 0.402. The Bertz CT molecular complexity index is 672. The Balaban J connectivity index is 3.35. The summed E-state index contributed by atoms with van der Waals surface area (Å²) < 4.78 is 32.4. The number of ether oxygens (including phenoxy) is 1. The highest BCUT2D eigenvalue weighted by Crippen LogP contribution is 2.33. The minimum Gasteiger partial charge on any atom is -0.495 e. The first kappa shape index (κ1) is 16.7. The van der Waals surface area contributed by atoms with Gasteiger partial charge >= 0.3 is 0 Å². The van der Waals surface area contributed by atoms with Crippen molar-refractivity contribution in [1.82, 2.24) is 4.72 Å². The molecule has 0 unspecified atom stereocenters. The summed E-state index contributed by atoms with van der Waals surface area (Å²) >= 11 is 9.08. The molecule has 0 heterocycles. The first-order chi connectivity index (χ1) is 9.35. The van der Waals surface area contributed by atoms with Crippen LogP contribution in [-0.4, -0.2) is 22.2 Å². The maximum absolute atomic E-state index is 12.3. The lowest BCUT2D eigenvalue weighted by atomic mass is 10.3. The normalized spacial score (nSPS) is 11.8. The second kappa shape index (κ2) is 6.92. The van der Waals surface area contributed by atoms with E-state index in [1.807, 2.05) is 0 Å². The standard InChI is InChI=1S/C12H12BrClN2O3S/c1-4-8(7-15-2)16-20(17,18)12-5-9(13)10(14)6-11(12)19-3/h4-7,16H,1-2H2,3H3/b8-7+. The number of hydrogen-bond donors (Lipinski definition) is 1. The van der Waals surface area contributed by atoms with Crippen LogP contribution in [0.5, 0.6) is 5.75 Å². The highest BCUT2D eigenvalue weighted by molar-refractivity contribution is 9.10. The molecular weight excluding hydrogens is 368 g/mol. The molecule has 0 amide bonds. The van der Waals surface area contributed by atoms with Gasteiger partial charge in [-0.3, -0.25) is 9.71 Å². The molecule has 1 N–H and O–H groups in total. The maximum Gasteiger partial charge on any atom is 0.265 e. The van der Waals surface area contributed by atoms with Gasteiger partial charge in [-0.1, -0.05) is 18.2 Å². The molecule has 1 aromatic rings. The van der Waals surface area contributed by atoms with Crippen LogP contribution in [0.4, 0.5) is 0 Å². The highest BCUT2D eigenvalue weighted by Gasteiger charge is 2.21. The van der Waals surface area contributed by atoms with Crippen molar-refractivity contribution in [3.8, 4) is 5.75 Å². The van der Waals surface area contributed by atoms with E-state index in [2.05, 4.69) is 38.9 Å². The summed E-state index contributed by atoms with van der Waals surface area (Å²) in [5.74, 6) is 0.126. The molecule has 0 radical (unpaired) electrons. The fourth-order valence-corrected chi connectivity index (χ4v) is 3.19. The van der Waals surface area contributed by atoms with Gasteiger partial charge in [-0.25, -0.2) is 8.42 Å². The maximum atomic E-state index is 12.3. The number of benzene rings is 1. The van der Waals surface area contributed by atoms with Crippen LogP contribution in [0.15, 0.2) is 51.0 Å². The smallest absolute Gasteiger partial charge is 0.265 e.